The molecule has 1 aliphatic rings. The second-order valence-electron chi connectivity index (χ2n) is 4.72. The van der Waals surface area contributed by atoms with Gasteiger partial charge in [-0.1, -0.05) is 12.8 Å². The van der Waals surface area contributed by atoms with Gasteiger partial charge in [0.05, 0.1) is 0 Å². The number of thiophene rings is 1. The second kappa shape index (κ2) is 6.12. The molecule has 1 aromatic heterocycles. The number of halogens is 1. The maximum atomic E-state index is 12.3. The monoisotopic (exact) mass is 315 g/mol. The first-order valence-electron chi connectivity index (χ1n) is 6.17. The minimum Gasteiger partial charge on any atom is -0.330 e. The van der Waals surface area contributed by atoms with E-state index in [1.807, 2.05) is 11.4 Å². The van der Waals surface area contributed by atoms with E-state index in [1.165, 1.54) is 12.8 Å². The quantitative estimate of drug-likeness (QED) is 0.925. The molecule has 2 rings (SSSR count). The summed E-state index contributed by atoms with van der Waals surface area (Å²) in [6, 6.07) is 2.01. The molecule has 1 heterocycles. The lowest BCUT2D eigenvalue weighted by Crippen LogP contribution is -2.33. The van der Waals surface area contributed by atoms with Gasteiger partial charge in [0.15, 0.2) is 0 Å². The molecular formula is C13H18BrNOS. The van der Waals surface area contributed by atoms with Gasteiger partial charge in [-0.15, -0.1) is 11.3 Å². The van der Waals surface area contributed by atoms with Crippen LogP contribution in [-0.2, 0) is 11.2 Å². The summed E-state index contributed by atoms with van der Waals surface area (Å²) < 4.78 is 1.07. The van der Waals surface area contributed by atoms with Crippen LogP contribution in [0.4, 0.5) is 0 Å². The molecule has 0 aliphatic heterocycles. The first-order chi connectivity index (χ1) is 8.22. The lowest BCUT2D eigenvalue weighted by Gasteiger charge is -2.29. The van der Waals surface area contributed by atoms with E-state index < -0.39 is 0 Å². The highest BCUT2D eigenvalue weighted by Crippen LogP contribution is 2.32. The average molecular weight is 316 g/mol. The summed E-state index contributed by atoms with van der Waals surface area (Å²) in [6.45, 7) is 0.655. The zero-order valence-corrected chi connectivity index (χ0v) is 12.2. The second-order valence-corrected chi connectivity index (χ2v) is 6.58. The third-order valence-electron chi connectivity index (χ3n) is 3.65. The van der Waals surface area contributed by atoms with Crippen LogP contribution in [0.15, 0.2) is 15.9 Å². The Balaban J connectivity index is 2.01. The molecule has 2 atom stereocenters. The van der Waals surface area contributed by atoms with Crippen LogP contribution < -0.4 is 5.73 Å². The predicted octanol–water partition coefficient (Wildman–Crippen LogP) is 3.39. The van der Waals surface area contributed by atoms with Crippen molar-refractivity contribution in [3.8, 4) is 0 Å². The normalized spacial score (nSPS) is 24.8. The van der Waals surface area contributed by atoms with Crippen molar-refractivity contribution in [1.29, 1.82) is 0 Å². The Labute approximate surface area is 115 Å². The molecule has 0 spiro atoms. The van der Waals surface area contributed by atoms with Crippen LogP contribution in [0.1, 0.15) is 30.6 Å². The van der Waals surface area contributed by atoms with Crippen molar-refractivity contribution in [3.63, 3.8) is 0 Å². The molecule has 1 fully saturated rings. The van der Waals surface area contributed by atoms with E-state index in [4.69, 9.17) is 5.73 Å². The number of hydrogen-bond acceptors (Lipinski definition) is 3. The number of nitrogens with two attached hydrogens (primary N) is 1. The zero-order chi connectivity index (χ0) is 12.3. The minimum absolute atomic E-state index is 0.197. The first-order valence-corrected chi connectivity index (χ1v) is 7.84. The Hall–Kier alpha value is -0.190. The van der Waals surface area contributed by atoms with Crippen LogP contribution in [0.5, 0.6) is 0 Å². The molecule has 2 N–H and O–H groups in total. The molecule has 2 unspecified atom stereocenters. The summed E-state index contributed by atoms with van der Waals surface area (Å²) in [5.41, 5.74) is 5.78. The fraction of sp³-hybridized carbons (Fsp3) is 0.615. The lowest BCUT2D eigenvalue weighted by molar-refractivity contribution is -0.124. The largest absolute Gasteiger partial charge is 0.330 e. The van der Waals surface area contributed by atoms with Gasteiger partial charge in [0.25, 0.3) is 0 Å². The Morgan fingerprint density at radius 3 is 2.88 bits per heavy atom. The van der Waals surface area contributed by atoms with Gasteiger partial charge in [0.1, 0.15) is 5.78 Å². The molecule has 94 valence electrons. The van der Waals surface area contributed by atoms with Crippen molar-refractivity contribution < 1.29 is 4.79 Å². The highest BCUT2D eigenvalue weighted by molar-refractivity contribution is 9.10. The van der Waals surface area contributed by atoms with Gasteiger partial charge in [-0.25, -0.2) is 0 Å². The van der Waals surface area contributed by atoms with Gasteiger partial charge < -0.3 is 5.73 Å². The van der Waals surface area contributed by atoms with Crippen molar-refractivity contribution >= 4 is 33.0 Å². The number of rotatable bonds is 4. The van der Waals surface area contributed by atoms with Gasteiger partial charge in [0, 0.05) is 21.7 Å². The van der Waals surface area contributed by atoms with Gasteiger partial charge in [-0.3, -0.25) is 4.79 Å². The van der Waals surface area contributed by atoms with E-state index in [0.29, 0.717) is 24.7 Å². The molecule has 17 heavy (non-hydrogen) atoms. The fourth-order valence-electron chi connectivity index (χ4n) is 2.65. The van der Waals surface area contributed by atoms with Crippen LogP contribution >= 0.6 is 27.3 Å². The molecular weight excluding hydrogens is 298 g/mol. The van der Waals surface area contributed by atoms with Gasteiger partial charge in [0.2, 0.25) is 0 Å². The van der Waals surface area contributed by atoms with Crippen LogP contribution in [0.3, 0.4) is 0 Å². The van der Waals surface area contributed by atoms with E-state index in [9.17, 15) is 4.79 Å². The van der Waals surface area contributed by atoms with E-state index in [1.54, 1.807) is 11.3 Å². The summed E-state index contributed by atoms with van der Waals surface area (Å²) in [7, 11) is 0. The molecule has 0 aromatic carbocycles. The zero-order valence-electron chi connectivity index (χ0n) is 9.82. The van der Waals surface area contributed by atoms with Crippen LogP contribution in [0.25, 0.3) is 0 Å². The Morgan fingerprint density at radius 2 is 2.24 bits per heavy atom. The van der Waals surface area contributed by atoms with E-state index in [0.717, 1.165) is 22.2 Å². The molecule has 0 amide bonds. The first kappa shape index (κ1) is 13.2. The van der Waals surface area contributed by atoms with Crippen molar-refractivity contribution in [2.24, 2.45) is 17.6 Å². The molecule has 0 radical (unpaired) electrons. The maximum Gasteiger partial charge on any atom is 0.141 e. The summed E-state index contributed by atoms with van der Waals surface area (Å²) in [5.74, 6) is 0.987. The molecule has 1 aromatic rings. The standard InChI is InChI=1S/C13H18BrNOS/c14-11-5-6-17-13(11)7-12(16)10-4-2-1-3-9(10)8-15/h5-6,9-10H,1-4,7-8,15H2. The summed E-state index contributed by atoms with van der Waals surface area (Å²) in [5, 5.41) is 2.02. The highest BCUT2D eigenvalue weighted by Gasteiger charge is 2.29. The number of carbonyl (C=O) groups is 1. The minimum atomic E-state index is 0.197. The van der Waals surface area contributed by atoms with Crippen LogP contribution in [0.2, 0.25) is 0 Å². The summed E-state index contributed by atoms with van der Waals surface area (Å²) in [6.07, 6.45) is 5.13. The summed E-state index contributed by atoms with van der Waals surface area (Å²) in [4.78, 5) is 13.5. The van der Waals surface area contributed by atoms with Gasteiger partial charge in [-0.2, -0.15) is 0 Å². The van der Waals surface area contributed by atoms with Gasteiger partial charge in [-0.05, 0) is 52.7 Å². The Bertz CT molecular complexity index is 391. The van der Waals surface area contributed by atoms with Crippen LogP contribution in [-0.4, -0.2) is 12.3 Å². The third-order valence-corrected chi connectivity index (χ3v) is 5.58. The Morgan fingerprint density at radius 1 is 1.47 bits per heavy atom. The molecule has 1 saturated carbocycles. The molecule has 1 aliphatic carbocycles. The molecule has 0 saturated heterocycles. The topological polar surface area (TPSA) is 43.1 Å². The SMILES string of the molecule is NCC1CCCCC1C(=O)Cc1sccc1Br. The van der Waals surface area contributed by atoms with Gasteiger partial charge >= 0.3 is 0 Å². The molecule has 4 heteroatoms. The lowest BCUT2D eigenvalue weighted by atomic mass is 9.76. The number of Topliss-reactive ketones (excluding diaryl/α,β-unsaturated/α-hetero) is 1. The van der Waals surface area contributed by atoms with Crippen molar-refractivity contribution in [1.82, 2.24) is 0 Å². The van der Waals surface area contributed by atoms with Crippen molar-refractivity contribution in [2.75, 3.05) is 6.54 Å². The highest BCUT2D eigenvalue weighted by atomic mass is 79.9. The van der Waals surface area contributed by atoms with Crippen molar-refractivity contribution in [2.45, 2.75) is 32.1 Å². The average Bonchev–Trinajstić information content (AvgIpc) is 2.75. The molecule has 0 bridgehead atoms. The number of ketones is 1. The van der Waals surface area contributed by atoms with E-state index in [2.05, 4.69) is 15.9 Å². The predicted molar refractivity (Wildman–Crippen MR) is 75.2 cm³/mol. The summed E-state index contributed by atoms with van der Waals surface area (Å²) >= 11 is 5.14. The smallest absolute Gasteiger partial charge is 0.141 e. The molecule has 2 nitrogen and oxygen atoms in total. The van der Waals surface area contributed by atoms with E-state index in [-0.39, 0.29) is 5.92 Å². The van der Waals surface area contributed by atoms with Crippen LogP contribution in [0, 0.1) is 11.8 Å². The van der Waals surface area contributed by atoms with Crippen molar-refractivity contribution in [3.05, 3.63) is 20.8 Å². The van der Waals surface area contributed by atoms with E-state index >= 15 is 0 Å². The number of carbonyl (C=O) groups excluding carboxylic acids is 1. The maximum absolute atomic E-state index is 12.3. The number of hydrogen-bond donors (Lipinski definition) is 1. The Kier molecular flexibility index (Phi) is 4.77. The third kappa shape index (κ3) is 3.18. The fourth-order valence-corrected chi connectivity index (χ4v) is 4.16.